The molecule has 0 radical (unpaired) electrons. The Balaban J connectivity index is 1.64. The molecule has 2 aliphatic rings. The zero-order valence-corrected chi connectivity index (χ0v) is 14.2. The number of methoxy groups -OCH3 is 1. The van der Waals surface area contributed by atoms with Crippen LogP contribution in [0.1, 0.15) is 44.2 Å². The number of fused-ring (bicyclic) bond motifs is 2. The van der Waals surface area contributed by atoms with Crippen LogP contribution in [0.15, 0.2) is 22.7 Å². The van der Waals surface area contributed by atoms with Gasteiger partial charge in [0.15, 0.2) is 0 Å². The Morgan fingerprint density at radius 1 is 1.38 bits per heavy atom. The second kappa shape index (κ2) is 5.99. The lowest BCUT2D eigenvalue weighted by atomic mass is 9.88. The van der Waals surface area contributed by atoms with Gasteiger partial charge in [-0.1, -0.05) is 12.5 Å². The number of benzene rings is 1. The van der Waals surface area contributed by atoms with Crippen LogP contribution >= 0.6 is 15.9 Å². The van der Waals surface area contributed by atoms with Crippen molar-refractivity contribution in [2.24, 2.45) is 17.8 Å². The smallest absolute Gasteiger partial charge is 0.223 e. The molecule has 2 aliphatic carbocycles. The summed E-state index contributed by atoms with van der Waals surface area (Å²) < 4.78 is 6.16. The summed E-state index contributed by atoms with van der Waals surface area (Å²) >= 11 is 3.50. The van der Waals surface area contributed by atoms with E-state index in [1.54, 1.807) is 7.11 Å². The molecular weight excluding hydrogens is 330 g/mol. The van der Waals surface area contributed by atoms with Gasteiger partial charge >= 0.3 is 0 Å². The van der Waals surface area contributed by atoms with E-state index in [9.17, 15) is 4.79 Å². The summed E-state index contributed by atoms with van der Waals surface area (Å²) in [6.07, 6.45) is 4.93. The summed E-state index contributed by atoms with van der Waals surface area (Å²) in [6.45, 7) is 2.04. The Hall–Kier alpha value is -1.03. The quantitative estimate of drug-likeness (QED) is 0.887. The first-order chi connectivity index (χ1) is 10.1. The van der Waals surface area contributed by atoms with Crippen LogP contribution in [0.5, 0.6) is 5.75 Å². The number of halogens is 1. The zero-order chi connectivity index (χ0) is 15.0. The predicted octanol–water partition coefficient (Wildman–Crippen LogP) is 4.07. The number of rotatable bonds is 4. The highest BCUT2D eigenvalue weighted by molar-refractivity contribution is 9.10. The molecule has 1 N–H and O–H groups in total. The number of amides is 1. The molecule has 4 unspecified atom stereocenters. The third kappa shape index (κ3) is 2.96. The van der Waals surface area contributed by atoms with E-state index in [4.69, 9.17) is 4.74 Å². The molecular formula is C17H22BrNO2. The van der Waals surface area contributed by atoms with Crippen molar-refractivity contribution in [3.8, 4) is 5.75 Å². The molecule has 1 aromatic rings. The van der Waals surface area contributed by atoms with Gasteiger partial charge in [-0.15, -0.1) is 0 Å². The Labute approximate surface area is 134 Å². The van der Waals surface area contributed by atoms with Gasteiger partial charge in [0.05, 0.1) is 17.6 Å². The van der Waals surface area contributed by atoms with Gasteiger partial charge in [-0.05, 0) is 71.6 Å². The van der Waals surface area contributed by atoms with Gasteiger partial charge in [-0.3, -0.25) is 4.79 Å². The fourth-order valence-corrected chi connectivity index (χ4v) is 4.48. The summed E-state index contributed by atoms with van der Waals surface area (Å²) in [6, 6.07) is 5.98. The summed E-state index contributed by atoms with van der Waals surface area (Å²) in [5.74, 6) is 2.72. The standard InChI is InChI=1S/C17H22BrNO2/c1-10(12-5-6-16(21-2)15(18)9-12)19-17(20)14-8-11-3-4-13(14)7-11/h5-6,9-11,13-14H,3-4,7-8H2,1-2H3,(H,19,20). The third-order valence-electron chi connectivity index (χ3n) is 5.11. The molecule has 0 saturated heterocycles. The van der Waals surface area contributed by atoms with E-state index in [0.29, 0.717) is 5.92 Å². The zero-order valence-electron chi connectivity index (χ0n) is 12.6. The molecule has 0 aromatic heterocycles. The molecule has 2 fully saturated rings. The highest BCUT2D eigenvalue weighted by Gasteiger charge is 2.43. The van der Waals surface area contributed by atoms with Crippen molar-refractivity contribution in [3.05, 3.63) is 28.2 Å². The van der Waals surface area contributed by atoms with Crippen molar-refractivity contribution < 1.29 is 9.53 Å². The maximum absolute atomic E-state index is 12.5. The number of hydrogen-bond acceptors (Lipinski definition) is 2. The molecule has 3 nitrogen and oxygen atoms in total. The molecule has 4 heteroatoms. The first-order valence-corrected chi connectivity index (χ1v) is 8.51. The summed E-state index contributed by atoms with van der Waals surface area (Å²) in [4.78, 5) is 12.5. The van der Waals surface area contributed by atoms with Gasteiger partial charge in [0, 0.05) is 5.92 Å². The second-order valence-electron chi connectivity index (χ2n) is 6.41. The first-order valence-electron chi connectivity index (χ1n) is 7.72. The van der Waals surface area contributed by atoms with Crippen molar-refractivity contribution in [2.75, 3.05) is 7.11 Å². The Morgan fingerprint density at radius 2 is 2.19 bits per heavy atom. The first kappa shape index (κ1) is 14.9. The van der Waals surface area contributed by atoms with E-state index in [-0.39, 0.29) is 17.9 Å². The van der Waals surface area contributed by atoms with Crippen molar-refractivity contribution >= 4 is 21.8 Å². The molecule has 4 atom stereocenters. The van der Waals surface area contributed by atoms with Crippen molar-refractivity contribution in [3.63, 3.8) is 0 Å². The maximum Gasteiger partial charge on any atom is 0.223 e. The third-order valence-corrected chi connectivity index (χ3v) is 5.73. The minimum atomic E-state index is 0.0267. The van der Waals surface area contributed by atoms with E-state index in [0.717, 1.165) is 28.1 Å². The lowest BCUT2D eigenvalue weighted by Crippen LogP contribution is -2.35. The number of carbonyl (C=O) groups is 1. The monoisotopic (exact) mass is 351 g/mol. The SMILES string of the molecule is COc1ccc(C(C)NC(=O)C2CC3CCC2C3)cc1Br. The molecule has 0 spiro atoms. The average Bonchev–Trinajstić information content (AvgIpc) is 3.09. The van der Waals surface area contributed by atoms with E-state index in [1.165, 1.54) is 19.3 Å². The lowest BCUT2D eigenvalue weighted by Gasteiger charge is -2.23. The van der Waals surface area contributed by atoms with Gasteiger partial charge in [-0.2, -0.15) is 0 Å². The topological polar surface area (TPSA) is 38.3 Å². The van der Waals surface area contributed by atoms with Gasteiger partial charge in [0.2, 0.25) is 5.91 Å². The van der Waals surface area contributed by atoms with Gasteiger partial charge in [0.1, 0.15) is 5.75 Å². The Morgan fingerprint density at radius 3 is 2.76 bits per heavy atom. The van der Waals surface area contributed by atoms with Crippen LogP contribution in [0.3, 0.4) is 0 Å². The minimum absolute atomic E-state index is 0.0267. The van der Waals surface area contributed by atoms with Gasteiger partial charge in [-0.25, -0.2) is 0 Å². The van der Waals surface area contributed by atoms with Crippen LogP contribution in [-0.2, 0) is 4.79 Å². The molecule has 114 valence electrons. The summed E-state index contributed by atoms with van der Waals surface area (Å²) in [5.41, 5.74) is 1.10. The van der Waals surface area contributed by atoms with Gasteiger partial charge < -0.3 is 10.1 Å². The van der Waals surface area contributed by atoms with Gasteiger partial charge in [0.25, 0.3) is 0 Å². The second-order valence-corrected chi connectivity index (χ2v) is 7.26. The van der Waals surface area contributed by atoms with Crippen LogP contribution < -0.4 is 10.1 Å². The number of carbonyl (C=O) groups excluding carboxylic acids is 1. The number of nitrogens with one attached hydrogen (secondary N) is 1. The molecule has 2 saturated carbocycles. The summed E-state index contributed by atoms with van der Waals surface area (Å²) in [5, 5.41) is 3.19. The fourth-order valence-electron chi connectivity index (χ4n) is 3.92. The molecule has 1 amide bonds. The van der Waals surface area contributed by atoms with E-state index in [2.05, 4.69) is 21.2 Å². The predicted molar refractivity (Wildman–Crippen MR) is 86.2 cm³/mol. The minimum Gasteiger partial charge on any atom is -0.496 e. The normalized spacial score (nSPS) is 28.4. The highest BCUT2D eigenvalue weighted by atomic mass is 79.9. The molecule has 1 aromatic carbocycles. The van der Waals surface area contributed by atoms with Crippen LogP contribution in [0, 0.1) is 17.8 Å². The summed E-state index contributed by atoms with van der Waals surface area (Å²) in [7, 11) is 1.65. The maximum atomic E-state index is 12.5. The molecule has 2 bridgehead atoms. The Bertz CT molecular complexity index is 546. The average molecular weight is 352 g/mol. The van der Waals surface area contributed by atoms with Crippen LogP contribution in [0.2, 0.25) is 0 Å². The number of hydrogen-bond donors (Lipinski definition) is 1. The van der Waals surface area contributed by atoms with E-state index >= 15 is 0 Å². The fraction of sp³-hybridized carbons (Fsp3) is 0.588. The van der Waals surface area contributed by atoms with Crippen molar-refractivity contribution in [2.45, 2.75) is 38.6 Å². The van der Waals surface area contributed by atoms with Crippen LogP contribution in [0.4, 0.5) is 0 Å². The highest BCUT2D eigenvalue weighted by Crippen LogP contribution is 2.48. The molecule has 0 heterocycles. The molecule has 21 heavy (non-hydrogen) atoms. The largest absolute Gasteiger partial charge is 0.496 e. The van der Waals surface area contributed by atoms with Crippen LogP contribution in [0.25, 0.3) is 0 Å². The molecule has 3 rings (SSSR count). The number of ether oxygens (including phenoxy) is 1. The van der Waals surface area contributed by atoms with E-state index < -0.39 is 0 Å². The molecule has 0 aliphatic heterocycles. The van der Waals surface area contributed by atoms with Crippen LogP contribution in [-0.4, -0.2) is 13.0 Å². The van der Waals surface area contributed by atoms with Crippen molar-refractivity contribution in [1.82, 2.24) is 5.32 Å². The Kier molecular flexibility index (Phi) is 4.25. The van der Waals surface area contributed by atoms with E-state index in [1.807, 2.05) is 25.1 Å². The lowest BCUT2D eigenvalue weighted by molar-refractivity contribution is -0.127. The van der Waals surface area contributed by atoms with Crippen molar-refractivity contribution in [1.29, 1.82) is 0 Å².